The summed E-state index contributed by atoms with van der Waals surface area (Å²) in [5.41, 5.74) is 2.15. The lowest BCUT2D eigenvalue weighted by molar-refractivity contribution is 0.160. The molecule has 0 fully saturated rings. The van der Waals surface area contributed by atoms with Crippen LogP contribution < -0.4 is 0 Å². The first-order chi connectivity index (χ1) is 15.5. The van der Waals surface area contributed by atoms with Gasteiger partial charge in [-0.1, -0.05) is 63.6 Å². The second-order valence-corrected chi connectivity index (χ2v) is 8.47. The number of thiazole rings is 1. The van der Waals surface area contributed by atoms with Gasteiger partial charge in [0.05, 0.1) is 11.3 Å². The molecule has 1 aliphatic heterocycles. The fourth-order valence-corrected chi connectivity index (χ4v) is 4.58. The van der Waals surface area contributed by atoms with Crippen molar-refractivity contribution in [1.82, 2.24) is 9.88 Å². The van der Waals surface area contributed by atoms with E-state index in [0.29, 0.717) is 27.2 Å². The molecule has 0 bridgehead atoms. The second kappa shape index (κ2) is 9.65. The Labute approximate surface area is 201 Å². The Hall–Kier alpha value is -2.99. The second-order valence-electron chi connectivity index (χ2n) is 6.60. The Kier molecular flexibility index (Phi) is 6.70. The molecular weight excluding hydrogens is 517 g/mol. The normalized spacial score (nSPS) is 15.8. The summed E-state index contributed by atoms with van der Waals surface area (Å²) < 4.78 is 13.8. The van der Waals surface area contributed by atoms with Crippen molar-refractivity contribution in [2.75, 3.05) is 5.33 Å². The average Bonchev–Trinajstić information content (AvgIpc) is 3.32. The molecule has 1 atom stereocenters. The van der Waals surface area contributed by atoms with E-state index in [0.717, 1.165) is 16.5 Å². The van der Waals surface area contributed by atoms with Gasteiger partial charge in [0.2, 0.25) is 0 Å². The molecule has 160 valence electrons. The molecule has 0 radical (unpaired) electrons. The van der Waals surface area contributed by atoms with Crippen molar-refractivity contribution in [2.24, 2.45) is 4.99 Å². The van der Waals surface area contributed by atoms with Crippen LogP contribution in [-0.2, 0) is 0 Å². The SMILES string of the molecule is O=C(O)N1C(c2nccs2)=NC(CBr)=C(C#Cc2ccccc2)[C@@H]1c1ccc(F)cc1Cl. The number of halogens is 3. The summed E-state index contributed by atoms with van der Waals surface area (Å²) >= 11 is 11.1. The predicted molar refractivity (Wildman–Crippen MR) is 127 cm³/mol. The first-order valence-electron chi connectivity index (χ1n) is 9.31. The lowest BCUT2D eigenvalue weighted by Crippen LogP contribution is -2.43. The molecule has 2 heterocycles. The molecule has 0 saturated carbocycles. The maximum Gasteiger partial charge on any atom is 0.413 e. The van der Waals surface area contributed by atoms with Crippen molar-refractivity contribution in [3.8, 4) is 11.8 Å². The quantitative estimate of drug-likeness (QED) is 0.328. The van der Waals surface area contributed by atoms with Gasteiger partial charge in [0.1, 0.15) is 11.9 Å². The minimum Gasteiger partial charge on any atom is -0.465 e. The highest BCUT2D eigenvalue weighted by Gasteiger charge is 2.39. The molecule has 5 nitrogen and oxygen atoms in total. The van der Waals surface area contributed by atoms with Crippen LogP contribution in [-0.4, -0.2) is 32.2 Å². The standard InChI is InChI=1S/C23H14BrClFN3O2S/c24-13-19-17(8-6-14-4-2-1-3-5-14)20(16-9-7-15(26)12-18(16)25)29(23(30)31)21(28-19)22-27-10-11-32-22/h1-5,7,9-12,20H,13H2,(H,30,31)/t20-/m0/s1. The topological polar surface area (TPSA) is 65.8 Å². The highest BCUT2D eigenvalue weighted by molar-refractivity contribution is 9.09. The summed E-state index contributed by atoms with van der Waals surface area (Å²) in [7, 11) is 0. The summed E-state index contributed by atoms with van der Waals surface area (Å²) in [6.45, 7) is 0. The monoisotopic (exact) mass is 529 g/mol. The maximum atomic E-state index is 13.8. The number of amidine groups is 1. The van der Waals surface area contributed by atoms with Crippen molar-refractivity contribution in [3.05, 3.63) is 98.4 Å². The van der Waals surface area contributed by atoms with Gasteiger partial charge in [-0.05, 0) is 29.8 Å². The van der Waals surface area contributed by atoms with E-state index in [-0.39, 0.29) is 10.9 Å². The first kappa shape index (κ1) is 22.2. The Morgan fingerprint density at radius 3 is 2.66 bits per heavy atom. The Bertz CT molecular complexity index is 1280. The van der Waals surface area contributed by atoms with E-state index >= 15 is 0 Å². The number of carbonyl (C=O) groups is 1. The minimum atomic E-state index is -1.25. The van der Waals surface area contributed by atoms with Crippen molar-refractivity contribution in [2.45, 2.75) is 6.04 Å². The third-order valence-corrected chi connectivity index (χ3v) is 6.27. The number of amides is 1. The average molecular weight is 531 g/mol. The van der Waals surface area contributed by atoms with Gasteiger partial charge >= 0.3 is 6.09 Å². The van der Waals surface area contributed by atoms with E-state index in [1.807, 2.05) is 30.3 Å². The van der Waals surface area contributed by atoms with Gasteiger partial charge in [-0.2, -0.15) is 0 Å². The summed E-state index contributed by atoms with van der Waals surface area (Å²) in [6.07, 6.45) is 0.321. The lowest BCUT2D eigenvalue weighted by Gasteiger charge is -2.34. The Balaban J connectivity index is 1.98. The molecule has 0 unspecified atom stereocenters. The number of alkyl halides is 1. The third-order valence-electron chi connectivity index (χ3n) is 4.64. The molecule has 0 saturated heterocycles. The van der Waals surface area contributed by atoms with E-state index in [1.165, 1.54) is 23.5 Å². The van der Waals surface area contributed by atoms with Gasteiger partial charge in [0.15, 0.2) is 10.8 Å². The van der Waals surface area contributed by atoms with Crippen LogP contribution in [0, 0.1) is 17.7 Å². The number of aliphatic imine (C=N–C) groups is 1. The lowest BCUT2D eigenvalue weighted by atomic mass is 9.93. The molecule has 2 aromatic carbocycles. The number of hydrogen-bond acceptors (Lipinski definition) is 4. The van der Waals surface area contributed by atoms with Gasteiger partial charge in [0, 0.05) is 27.5 Å². The summed E-state index contributed by atoms with van der Waals surface area (Å²) in [5.74, 6) is 5.81. The van der Waals surface area contributed by atoms with Gasteiger partial charge in [-0.25, -0.2) is 24.1 Å². The van der Waals surface area contributed by atoms with Gasteiger partial charge in [0.25, 0.3) is 0 Å². The number of aromatic nitrogens is 1. The number of nitrogens with zero attached hydrogens (tertiary/aromatic N) is 3. The van der Waals surface area contributed by atoms with Crippen LogP contribution in [0.5, 0.6) is 0 Å². The van der Waals surface area contributed by atoms with Crippen LogP contribution in [0.2, 0.25) is 5.02 Å². The number of carboxylic acid groups (broad SMARTS) is 1. The summed E-state index contributed by atoms with van der Waals surface area (Å²) in [5, 5.41) is 12.8. The van der Waals surface area contributed by atoms with Gasteiger partial charge in [-0.3, -0.25) is 0 Å². The zero-order valence-electron chi connectivity index (χ0n) is 16.3. The van der Waals surface area contributed by atoms with E-state index in [1.54, 1.807) is 11.6 Å². The van der Waals surface area contributed by atoms with Crippen LogP contribution in [0.15, 0.2) is 76.4 Å². The number of benzene rings is 2. The highest BCUT2D eigenvalue weighted by Crippen LogP contribution is 2.40. The van der Waals surface area contributed by atoms with Crippen molar-refractivity contribution in [1.29, 1.82) is 0 Å². The zero-order valence-corrected chi connectivity index (χ0v) is 19.5. The van der Waals surface area contributed by atoms with Crippen LogP contribution >= 0.6 is 38.9 Å². The molecule has 0 spiro atoms. The minimum absolute atomic E-state index is 0.0922. The predicted octanol–water partition coefficient (Wildman–Crippen LogP) is 6.12. The summed E-state index contributed by atoms with van der Waals surface area (Å²) in [6, 6.07) is 12.2. The number of allylic oxidation sites excluding steroid dienone is 1. The van der Waals surface area contributed by atoms with E-state index in [2.05, 4.69) is 37.7 Å². The molecule has 9 heteroatoms. The van der Waals surface area contributed by atoms with E-state index in [4.69, 9.17) is 11.6 Å². The molecule has 4 rings (SSSR count). The molecule has 1 amide bonds. The maximum absolute atomic E-state index is 13.8. The molecular formula is C23H14BrClFN3O2S. The molecule has 0 aliphatic carbocycles. The van der Waals surface area contributed by atoms with Gasteiger partial charge in [-0.15, -0.1) is 11.3 Å². The van der Waals surface area contributed by atoms with Gasteiger partial charge < -0.3 is 5.11 Å². The summed E-state index contributed by atoms with van der Waals surface area (Å²) in [4.78, 5) is 22.4. The van der Waals surface area contributed by atoms with Crippen molar-refractivity contribution >= 4 is 50.8 Å². The molecule has 1 aliphatic rings. The smallest absolute Gasteiger partial charge is 0.413 e. The highest BCUT2D eigenvalue weighted by atomic mass is 79.9. The first-order valence-corrected chi connectivity index (χ1v) is 11.7. The number of hydrogen-bond donors (Lipinski definition) is 1. The molecule has 1 N–H and O–H groups in total. The van der Waals surface area contributed by atoms with Crippen LogP contribution in [0.3, 0.4) is 0 Å². The fourth-order valence-electron chi connectivity index (χ4n) is 3.26. The third kappa shape index (κ3) is 4.46. The van der Waals surface area contributed by atoms with Crippen LogP contribution in [0.1, 0.15) is 22.2 Å². The van der Waals surface area contributed by atoms with E-state index in [9.17, 15) is 14.3 Å². The molecule has 32 heavy (non-hydrogen) atoms. The van der Waals surface area contributed by atoms with Crippen molar-refractivity contribution in [3.63, 3.8) is 0 Å². The molecule has 3 aromatic rings. The zero-order chi connectivity index (χ0) is 22.7. The van der Waals surface area contributed by atoms with Crippen LogP contribution in [0.4, 0.5) is 9.18 Å². The van der Waals surface area contributed by atoms with E-state index < -0.39 is 18.0 Å². The molecule has 1 aromatic heterocycles. The largest absolute Gasteiger partial charge is 0.465 e. The van der Waals surface area contributed by atoms with Crippen molar-refractivity contribution < 1.29 is 14.3 Å². The number of rotatable bonds is 3. The van der Waals surface area contributed by atoms with Crippen LogP contribution in [0.25, 0.3) is 0 Å². The Morgan fingerprint density at radius 1 is 1.25 bits per heavy atom. The fraction of sp³-hybridized carbons (Fsp3) is 0.0870. The Morgan fingerprint density at radius 2 is 2.03 bits per heavy atom.